The second-order valence-electron chi connectivity index (χ2n) is 7.09. The predicted octanol–water partition coefficient (Wildman–Crippen LogP) is 5.88. The third-order valence-electron chi connectivity index (χ3n) is 4.79. The number of benzene rings is 2. The second-order valence-corrected chi connectivity index (χ2v) is 8.28. The van der Waals surface area contributed by atoms with Gasteiger partial charge < -0.3 is 10.0 Å². The van der Waals surface area contributed by atoms with Gasteiger partial charge in [0.05, 0.1) is 11.1 Å². The lowest BCUT2D eigenvalue weighted by Crippen LogP contribution is -2.34. The minimum absolute atomic E-state index is 0.230. The van der Waals surface area contributed by atoms with Gasteiger partial charge in [-0.3, -0.25) is 0 Å². The van der Waals surface area contributed by atoms with Crippen LogP contribution in [0.15, 0.2) is 72.5 Å². The summed E-state index contributed by atoms with van der Waals surface area (Å²) in [5, 5.41) is 9.12. The van der Waals surface area contributed by atoms with Crippen LogP contribution in [0.25, 0.3) is 0 Å². The molecule has 3 nitrogen and oxygen atoms in total. The third kappa shape index (κ3) is 6.37. The van der Waals surface area contributed by atoms with Crippen molar-refractivity contribution in [3.63, 3.8) is 0 Å². The molecule has 0 spiro atoms. The Balaban J connectivity index is 1.62. The highest BCUT2D eigenvalue weighted by Crippen LogP contribution is 2.31. The highest BCUT2D eigenvalue weighted by molar-refractivity contribution is 8.00. The third-order valence-corrected chi connectivity index (χ3v) is 6.15. The van der Waals surface area contributed by atoms with Crippen LogP contribution in [0.3, 0.4) is 0 Å². The van der Waals surface area contributed by atoms with E-state index in [4.69, 9.17) is 0 Å². The summed E-state index contributed by atoms with van der Waals surface area (Å²) in [5.74, 6) is -0.798. The molecule has 0 amide bonds. The van der Waals surface area contributed by atoms with Gasteiger partial charge >= 0.3 is 12.1 Å². The molecule has 0 saturated heterocycles. The fraction of sp³-hybridized carbons (Fsp3) is 0.261. The number of aliphatic carboxylic acids is 1. The monoisotopic (exact) mass is 451 g/mol. The first-order chi connectivity index (χ1) is 14.7. The fourth-order valence-electron chi connectivity index (χ4n) is 3.27. The molecule has 0 saturated carbocycles. The molecule has 0 aromatic heterocycles. The van der Waals surface area contributed by atoms with Gasteiger partial charge in [-0.25, -0.2) is 9.18 Å². The number of halogens is 4. The molecular formula is C23H21F4NO2S. The topological polar surface area (TPSA) is 40.5 Å². The average Bonchev–Trinajstić information content (AvgIpc) is 2.73. The number of hydrogen-bond donors (Lipinski definition) is 1. The van der Waals surface area contributed by atoms with Crippen molar-refractivity contribution >= 4 is 17.7 Å². The molecule has 0 radical (unpaired) electrons. The zero-order chi connectivity index (χ0) is 22.4. The maximum absolute atomic E-state index is 13.2. The molecule has 1 N–H and O–H groups in total. The van der Waals surface area contributed by atoms with Crippen molar-refractivity contribution in [2.45, 2.75) is 30.9 Å². The number of alkyl halides is 3. The summed E-state index contributed by atoms with van der Waals surface area (Å²) in [5.41, 5.74) is 0.994. The predicted molar refractivity (Wildman–Crippen MR) is 113 cm³/mol. The number of hydrogen-bond acceptors (Lipinski definition) is 3. The smallest absolute Gasteiger partial charge is 0.416 e. The quantitative estimate of drug-likeness (QED) is 0.402. The van der Waals surface area contributed by atoms with E-state index in [2.05, 4.69) is 0 Å². The summed E-state index contributed by atoms with van der Waals surface area (Å²) in [4.78, 5) is 13.6. The maximum Gasteiger partial charge on any atom is 0.416 e. The van der Waals surface area contributed by atoms with Crippen molar-refractivity contribution in [2.75, 3.05) is 5.75 Å². The van der Waals surface area contributed by atoms with Gasteiger partial charge in [-0.1, -0.05) is 30.3 Å². The van der Waals surface area contributed by atoms with E-state index in [-0.39, 0.29) is 11.4 Å². The first-order valence-electron chi connectivity index (χ1n) is 9.63. The van der Waals surface area contributed by atoms with Crippen molar-refractivity contribution in [1.82, 2.24) is 4.90 Å². The van der Waals surface area contributed by atoms with Crippen LogP contribution in [-0.4, -0.2) is 27.1 Å². The lowest BCUT2D eigenvalue weighted by molar-refractivity contribution is -0.137. The van der Waals surface area contributed by atoms with Gasteiger partial charge in [0.1, 0.15) is 11.2 Å². The summed E-state index contributed by atoms with van der Waals surface area (Å²) in [6.45, 7) is 0.409. The number of carbonyl (C=O) groups is 1. The molecule has 164 valence electrons. The lowest BCUT2D eigenvalue weighted by atomic mass is 10.1. The Kier molecular flexibility index (Phi) is 7.43. The molecule has 31 heavy (non-hydrogen) atoms. The minimum atomic E-state index is -4.37. The maximum atomic E-state index is 13.2. The fourth-order valence-corrected chi connectivity index (χ4v) is 4.50. The molecule has 1 heterocycles. The van der Waals surface area contributed by atoms with Gasteiger partial charge in [-0.2, -0.15) is 13.2 Å². The van der Waals surface area contributed by atoms with E-state index < -0.39 is 23.1 Å². The molecule has 1 atom stereocenters. The zero-order valence-corrected chi connectivity index (χ0v) is 17.3. The number of carboxylic acids is 1. The number of allylic oxidation sites excluding steroid dienone is 2. The Morgan fingerprint density at radius 1 is 1.10 bits per heavy atom. The van der Waals surface area contributed by atoms with Crippen LogP contribution in [0.2, 0.25) is 0 Å². The molecule has 3 rings (SSSR count). The average molecular weight is 451 g/mol. The van der Waals surface area contributed by atoms with Gasteiger partial charge in [0.15, 0.2) is 0 Å². The van der Waals surface area contributed by atoms with Gasteiger partial charge in [-0.15, -0.1) is 11.8 Å². The standard InChI is InChI=1S/C23H21F4NO2S/c24-19-10-8-17(9-11-19)15-28-12-2-7-20(22(29)30)21(28)31-13-3-5-16-4-1-6-18(14-16)23(25,26)27/h1-2,4,6-12,14,21H,3,5,13,15H2,(H,29,30). The first-order valence-corrected chi connectivity index (χ1v) is 10.7. The molecule has 0 aliphatic carbocycles. The van der Waals surface area contributed by atoms with Gasteiger partial charge in [0, 0.05) is 12.7 Å². The second kappa shape index (κ2) is 10.0. The van der Waals surface area contributed by atoms with Crippen molar-refractivity contribution in [1.29, 1.82) is 0 Å². The van der Waals surface area contributed by atoms with Crippen LogP contribution < -0.4 is 0 Å². The number of nitrogens with zero attached hydrogens (tertiary/aromatic N) is 1. The molecule has 1 aliphatic rings. The summed E-state index contributed by atoms with van der Waals surface area (Å²) < 4.78 is 51.8. The molecule has 0 fully saturated rings. The first kappa shape index (κ1) is 22.9. The van der Waals surface area contributed by atoms with Crippen LogP contribution in [0, 0.1) is 5.82 Å². The van der Waals surface area contributed by atoms with E-state index >= 15 is 0 Å². The number of thioether (sulfide) groups is 1. The summed E-state index contributed by atoms with van der Waals surface area (Å²) >= 11 is 1.42. The minimum Gasteiger partial charge on any atom is -0.478 e. The van der Waals surface area contributed by atoms with E-state index in [0.29, 0.717) is 30.7 Å². The van der Waals surface area contributed by atoms with Gasteiger partial charge in [0.2, 0.25) is 0 Å². The van der Waals surface area contributed by atoms with Crippen molar-refractivity contribution in [2.24, 2.45) is 0 Å². The normalized spacial score (nSPS) is 16.3. The summed E-state index contributed by atoms with van der Waals surface area (Å²) in [6, 6.07) is 11.3. The Morgan fingerprint density at radius 2 is 1.84 bits per heavy atom. The largest absolute Gasteiger partial charge is 0.478 e. The molecule has 8 heteroatoms. The Labute approximate surface area is 182 Å². The number of aryl methyl sites for hydroxylation is 1. The molecule has 1 aliphatic heterocycles. The van der Waals surface area contributed by atoms with E-state index in [1.807, 2.05) is 4.90 Å². The molecule has 2 aromatic carbocycles. The molecule has 2 aromatic rings. The van der Waals surface area contributed by atoms with Gasteiger partial charge in [0.25, 0.3) is 0 Å². The Hall–Kier alpha value is -2.74. The zero-order valence-electron chi connectivity index (χ0n) is 16.5. The van der Waals surface area contributed by atoms with E-state index in [9.17, 15) is 27.5 Å². The van der Waals surface area contributed by atoms with Crippen LogP contribution in [0.1, 0.15) is 23.1 Å². The number of rotatable bonds is 8. The summed E-state index contributed by atoms with van der Waals surface area (Å²) in [7, 11) is 0. The SMILES string of the molecule is O=C(O)C1=CC=CN(Cc2ccc(F)cc2)C1SCCCc1cccc(C(F)(F)F)c1. The van der Waals surface area contributed by atoms with Crippen molar-refractivity contribution in [3.8, 4) is 0 Å². The van der Waals surface area contributed by atoms with Crippen LogP contribution in [0.4, 0.5) is 17.6 Å². The highest BCUT2D eigenvalue weighted by atomic mass is 32.2. The molecule has 0 bridgehead atoms. The van der Waals surface area contributed by atoms with Crippen molar-refractivity contribution < 1.29 is 27.5 Å². The lowest BCUT2D eigenvalue weighted by Gasteiger charge is -2.33. The molecule has 1 unspecified atom stereocenters. The van der Waals surface area contributed by atoms with Gasteiger partial charge in [-0.05, 0) is 60.1 Å². The van der Waals surface area contributed by atoms with Crippen molar-refractivity contribution in [3.05, 3.63) is 95.0 Å². The van der Waals surface area contributed by atoms with Crippen LogP contribution in [-0.2, 0) is 23.9 Å². The van der Waals surface area contributed by atoms with E-state index in [1.165, 1.54) is 30.0 Å². The molecular weight excluding hydrogens is 430 g/mol. The highest BCUT2D eigenvalue weighted by Gasteiger charge is 2.30. The Morgan fingerprint density at radius 3 is 2.52 bits per heavy atom. The number of carboxylic acid groups (broad SMARTS) is 1. The van der Waals surface area contributed by atoms with E-state index in [0.717, 1.165) is 17.7 Å². The van der Waals surface area contributed by atoms with E-state index in [1.54, 1.807) is 36.6 Å². The summed E-state index contributed by atoms with van der Waals surface area (Å²) in [6.07, 6.45) is 1.69. The van der Waals surface area contributed by atoms with Crippen LogP contribution >= 0.6 is 11.8 Å². The van der Waals surface area contributed by atoms with Crippen LogP contribution in [0.5, 0.6) is 0 Å². The Bertz CT molecular complexity index is 970.